The molecule has 2 aliphatic heterocycles. The average molecular weight is 366 g/mol. The standard InChI is InChI=1S/C24H35N3/c1-8-23-18(3)20(5)27-17(2)14-15-26(24(27,7)19(23)4)21(6)25-16-22-12-10-9-11-13-22/h9-13,19-20,23,25H,2-3,6,8,14-16H2,1,4-5,7H3. The maximum Gasteiger partial charge on any atom is 0.114 e. The lowest BCUT2D eigenvalue weighted by atomic mass is 9.69. The summed E-state index contributed by atoms with van der Waals surface area (Å²) in [4.78, 5) is 4.98. The third-order valence-corrected chi connectivity index (χ3v) is 6.97. The van der Waals surface area contributed by atoms with Crippen LogP contribution in [0.5, 0.6) is 0 Å². The van der Waals surface area contributed by atoms with E-state index in [1.807, 2.05) is 0 Å². The summed E-state index contributed by atoms with van der Waals surface area (Å²) < 4.78 is 0. The molecule has 4 atom stereocenters. The van der Waals surface area contributed by atoms with E-state index in [2.05, 4.69) is 92.9 Å². The van der Waals surface area contributed by atoms with Crippen LogP contribution in [-0.2, 0) is 6.54 Å². The minimum Gasteiger partial charge on any atom is -0.368 e. The summed E-state index contributed by atoms with van der Waals surface area (Å²) in [6.45, 7) is 24.3. The minimum atomic E-state index is -0.141. The number of nitrogens with zero attached hydrogens (tertiary/aromatic N) is 2. The van der Waals surface area contributed by atoms with Crippen molar-refractivity contribution in [2.75, 3.05) is 6.54 Å². The van der Waals surface area contributed by atoms with Crippen LogP contribution in [0.2, 0.25) is 0 Å². The van der Waals surface area contributed by atoms with E-state index in [0.29, 0.717) is 17.9 Å². The van der Waals surface area contributed by atoms with Gasteiger partial charge < -0.3 is 15.1 Å². The van der Waals surface area contributed by atoms with E-state index in [1.165, 1.54) is 16.8 Å². The molecule has 3 heteroatoms. The molecule has 0 radical (unpaired) electrons. The summed E-state index contributed by atoms with van der Waals surface area (Å²) in [6.07, 6.45) is 2.08. The molecule has 0 amide bonds. The first-order valence-electron chi connectivity index (χ1n) is 10.2. The van der Waals surface area contributed by atoms with Crippen LogP contribution in [0.15, 0.2) is 67.2 Å². The SMILES string of the molecule is C=C1C(CC)C(C)C2(C)N(C(=C)NCc3ccccc3)CCC(=C)N2C1C. The number of fused-ring (bicyclic) bond motifs is 1. The highest BCUT2D eigenvalue weighted by Gasteiger charge is 2.54. The van der Waals surface area contributed by atoms with Gasteiger partial charge in [-0.3, -0.25) is 0 Å². The monoisotopic (exact) mass is 365 g/mol. The van der Waals surface area contributed by atoms with Crippen LogP contribution in [-0.4, -0.2) is 28.0 Å². The fourth-order valence-corrected chi connectivity index (χ4v) is 5.27. The van der Waals surface area contributed by atoms with Crippen LogP contribution in [0.4, 0.5) is 0 Å². The third kappa shape index (κ3) is 3.18. The summed E-state index contributed by atoms with van der Waals surface area (Å²) in [5.74, 6) is 1.95. The molecular formula is C24H35N3. The molecule has 0 spiro atoms. The molecule has 27 heavy (non-hydrogen) atoms. The number of benzene rings is 1. The molecule has 2 aliphatic rings. The second kappa shape index (κ2) is 7.46. The normalized spacial score (nSPS) is 30.9. The van der Waals surface area contributed by atoms with Crippen molar-refractivity contribution in [3.05, 3.63) is 72.7 Å². The van der Waals surface area contributed by atoms with Gasteiger partial charge in [-0.25, -0.2) is 0 Å². The summed E-state index contributed by atoms with van der Waals surface area (Å²) in [5.41, 5.74) is 3.69. The highest BCUT2D eigenvalue weighted by atomic mass is 15.5. The molecule has 0 saturated carbocycles. The lowest BCUT2D eigenvalue weighted by molar-refractivity contribution is -0.117. The van der Waals surface area contributed by atoms with Crippen molar-refractivity contribution in [3.8, 4) is 0 Å². The second-order valence-corrected chi connectivity index (χ2v) is 8.27. The first-order valence-corrected chi connectivity index (χ1v) is 10.2. The van der Waals surface area contributed by atoms with Gasteiger partial charge in [-0.15, -0.1) is 0 Å². The molecular weight excluding hydrogens is 330 g/mol. The second-order valence-electron chi connectivity index (χ2n) is 8.27. The molecule has 146 valence electrons. The minimum absolute atomic E-state index is 0.141. The van der Waals surface area contributed by atoms with E-state index < -0.39 is 0 Å². The molecule has 2 heterocycles. The van der Waals surface area contributed by atoms with Crippen LogP contribution < -0.4 is 5.32 Å². The van der Waals surface area contributed by atoms with Crippen molar-refractivity contribution in [2.24, 2.45) is 11.8 Å². The van der Waals surface area contributed by atoms with Crippen LogP contribution in [0, 0.1) is 11.8 Å². The quantitative estimate of drug-likeness (QED) is 0.732. The molecule has 0 bridgehead atoms. The van der Waals surface area contributed by atoms with Crippen molar-refractivity contribution in [1.29, 1.82) is 0 Å². The van der Waals surface area contributed by atoms with Crippen molar-refractivity contribution in [3.63, 3.8) is 0 Å². The molecule has 0 aliphatic carbocycles. The maximum absolute atomic E-state index is 4.46. The van der Waals surface area contributed by atoms with Gasteiger partial charge in [0.05, 0.1) is 5.82 Å². The fraction of sp³-hybridized carbons (Fsp3) is 0.500. The predicted molar refractivity (Wildman–Crippen MR) is 115 cm³/mol. The van der Waals surface area contributed by atoms with Crippen LogP contribution in [0.3, 0.4) is 0 Å². The largest absolute Gasteiger partial charge is 0.368 e. The van der Waals surface area contributed by atoms with E-state index in [9.17, 15) is 0 Å². The number of rotatable bonds is 5. The van der Waals surface area contributed by atoms with Crippen LogP contribution in [0.1, 0.15) is 46.1 Å². The smallest absolute Gasteiger partial charge is 0.114 e. The van der Waals surface area contributed by atoms with E-state index >= 15 is 0 Å². The molecule has 2 saturated heterocycles. The van der Waals surface area contributed by atoms with Gasteiger partial charge in [0.2, 0.25) is 0 Å². The summed E-state index contributed by atoms with van der Waals surface area (Å²) >= 11 is 0. The molecule has 1 N–H and O–H groups in total. The molecule has 2 fully saturated rings. The number of hydrogen-bond acceptors (Lipinski definition) is 3. The Kier molecular flexibility index (Phi) is 5.41. The Bertz CT molecular complexity index is 722. The zero-order valence-electron chi connectivity index (χ0n) is 17.5. The lowest BCUT2D eigenvalue weighted by Crippen LogP contribution is -2.71. The summed E-state index contributed by atoms with van der Waals surface area (Å²) in [5, 5.41) is 3.57. The van der Waals surface area contributed by atoms with Gasteiger partial charge >= 0.3 is 0 Å². The zero-order chi connectivity index (χ0) is 19.8. The zero-order valence-corrected chi connectivity index (χ0v) is 17.5. The van der Waals surface area contributed by atoms with Gasteiger partial charge in [0.15, 0.2) is 0 Å². The van der Waals surface area contributed by atoms with Crippen molar-refractivity contribution < 1.29 is 0 Å². The van der Waals surface area contributed by atoms with Gasteiger partial charge in [0, 0.05) is 37.2 Å². The maximum atomic E-state index is 4.46. The number of nitrogens with one attached hydrogen (secondary N) is 1. The van der Waals surface area contributed by atoms with Gasteiger partial charge in [0.25, 0.3) is 0 Å². The fourth-order valence-electron chi connectivity index (χ4n) is 5.27. The molecule has 3 rings (SSSR count). The van der Waals surface area contributed by atoms with E-state index in [1.54, 1.807) is 0 Å². The Morgan fingerprint density at radius 3 is 2.52 bits per heavy atom. The highest BCUT2D eigenvalue weighted by Crippen LogP contribution is 2.50. The van der Waals surface area contributed by atoms with Gasteiger partial charge in [-0.05, 0) is 31.7 Å². The Morgan fingerprint density at radius 2 is 1.89 bits per heavy atom. The predicted octanol–water partition coefficient (Wildman–Crippen LogP) is 5.11. The van der Waals surface area contributed by atoms with E-state index in [4.69, 9.17) is 0 Å². The summed E-state index contributed by atoms with van der Waals surface area (Å²) in [6, 6.07) is 10.8. The Morgan fingerprint density at radius 1 is 1.22 bits per heavy atom. The highest BCUT2D eigenvalue weighted by molar-refractivity contribution is 5.27. The topological polar surface area (TPSA) is 18.5 Å². The van der Waals surface area contributed by atoms with Crippen molar-refractivity contribution >= 4 is 0 Å². The number of piperidine rings is 1. The number of hydrogen-bond donors (Lipinski definition) is 1. The average Bonchev–Trinajstić information content (AvgIpc) is 2.66. The Hall–Kier alpha value is -2.16. The van der Waals surface area contributed by atoms with Crippen LogP contribution in [0.25, 0.3) is 0 Å². The van der Waals surface area contributed by atoms with E-state index in [-0.39, 0.29) is 5.66 Å². The Balaban J connectivity index is 1.87. The van der Waals surface area contributed by atoms with E-state index in [0.717, 1.165) is 31.8 Å². The molecule has 0 aromatic heterocycles. The Labute approximate surface area is 165 Å². The first kappa shape index (κ1) is 19.6. The molecule has 3 nitrogen and oxygen atoms in total. The molecule has 4 unspecified atom stereocenters. The van der Waals surface area contributed by atoms with Gasteiger partial charge in [-0.1, -0.05) is 69.5 Å². The van der Waals surface area contributed by atoms with Crippen molar-refractivity contribution in [2.45, 2.75) is 58.8 Å². The first-order chi connectivity index (χ1) is 12.8. The van der Waals surface area contributed by atoms with Crippen molar-refractivity contribution in [1.82, 2.24) is 15.1 Å². The van der Waals surface area contributed by atoms with Gasteiger partial charge in [-0.2, -0.15) is 0 Å². The third-order valence-electron chi connectivity index (χ3n) is 6.97. The molecule has 1 aromatic rings. The van der Waals surface area contributed by atoms with Crippen LogP contribution >= 0.6 is 0 Å². The summed E-state index contributed by atoms with van der Waals surface area (Å²) in [7, 11) is 0. The van der Waals surface area contributed by atoms with Gasteiger partial charge in [0.1, 0.15) is 5.66 Å². The molecule has 1 aromatic carbocycles. The lowest BCUT2D eigenvalue weighted by Gasteiger charge is -2.65.